The molecule has 0 bridgehead atoms. The van der Waals surface area contributed by atoms with Gasteiger partial charge in [0.1, 0.15) is 0 Å². The van der Waals surface area contributed by atoms with E-state index in [1.54, 1.807) is 0 Å². The highest BCUT2D eigenvalue weighted by atomic mass is 32.2. The summed E-state index contributed by atoms with van der Waals surface area (Å²) >= 11 is -2.39. The second-order valence-corrected chi connectivity index (χ2v) is 3.58. The van der Waals surface area contributed by atoms with Gasteiger partial charge in [-0.25, -0.2) is 0 Å². The summed E-state index contributed by atoms with van der Waals surface area (Å²) in [5.41, 5.74) is 5.98. The minimum absolute atomic E-state index is 0.0174. The zero-order valence-corrected chi connectivity index (χ0v) is 8.26. The summed E-state index contributed by atoms with van der Waals surface area (Å²) in [7, 11) is 0. The normalized spacial score (nSPS) is 12.1. The van der Waals surface area contributed by atoms with Gasteiger partial charge in [-0.2, -0.15) is 0 Å². The maximum Gasteiger partial charge on any atom is 0.221 e. The number of nitrogens with two attached hydrogens (primary N) is 1. The van der Waals surface area contributed by atoms with Crippen LogP contribution in [0.4, 0.5) is 11.4 Å². The number of anilines is 2. The van der Waals surface area contributed by atoms with Crippen molar-refractivity contribution >= 4 is 28.4 Å². The number of carbonyl (C=O) groups excluding carboxylic acids is 1. The Bertz CT molecular complexity index is 392. The van der Waals surface area contributed by atoms with E-state index in [1.807, 2.05) is 0 Å². The minimum Gasteiger partial charge on any atom is -0.768 e. The topological polar surface area (TPSA) is 95.2 Å². The molecular formula is C8H9N2O3S-. The molecule has 0 heterocycles. The van der Waals surface area contributed by atoms with Crippen LogP contribution in [0.15, 0.2) is 23.1 Å². The fourth-order valence-corrected chi connectivity index (χ4v) is 1.44. The molecular weight excluding hydrogens is 204 g/mol. The number of amides is 1. The molecule has 0 aromatic heterocycles. The van der Waals surface area contributed by atoms with Crippen LogP contribution in [-0.4, -0.2) is 14.7 Å². The predicted molar refractivity (Wildman–Crippen MR) is 52.3 cm³/mol. The number of nitrogen functional groups attached to an aromatic ring is 1. The molecule has 1 aromatic carbocycles. The third-order valence-electron chi connectivity index (χ3n) is 1.51. The number of hydrogen-bond acceptors (Lipinski definition) is 4. The molecule has 6 heteroatoms. The Kier molecular flexibility index (Phi) is 3.21. The molecule has 1 aromatic rings. The quantitative estimate of drug-likeness (QED) is 0.551. The molecule has 3 N–H and O–H groups in total. The lowest BCUT2D eigenvalue weighted by molar-refractivity contribution is -0.114. The Balaban J connectivity index is 3.06. The maximum absolute atomic E-state index is 10.7. The van der Waals surface area contributed by atoms with Crippen LogP contribution < -0.4 is 11.1 Å². The van der Waals surface area contributed by atoms with E-state index in [-0.39, 0.29) is 16.5 Å². The SMILES string of the molecule is CC(=O)Nc1ccc(N)c(S(=O)[O-])c1. The molecule has 0 aliphatic carbocycles. The van der Waals surface area contributed by atoms with Gasteiger partial charge >= 0.3 is 0 Å². The van der Waals surface area contributed by atoms with Gasteiger partial charge in [0, 0.05) is 23.2 Å². The summed E-state index contributed by atoms with van der Waals surface area (Å²) in [6.07, 6.45) is 0. The van der Waals surface area contributed by atoms with Gasteiger partial charge in [0.05, 0.1) is 0 Å². The molecule has 0 saturated heterocycles. The van der Waals surface area contributed by atoms with Crippen molar-refractivity contribution < 1.29 is 13.6 Å². The number of carbonyl (C=O) groups is 1. The van der Waals surface area contributed by atoms with Gasteiger partial charge in [0.25, 0.3) is 0 Å². The lowest BCUT2D eigenvalue weighted by Crippen LogP contribution is -2.07. The van der Waals surface area contributed by atoms with Gasteiger partial charge < -0.3 is 15.6 Å². The molecule has 5 nitrogen and oxygen atoms in total. The number of hydrogen-bond donors (Lipinski definition) is 2. The van der Waals surface area contributed by atoms with Gasteiger partial charge in [0.2, 0.25) is 5.91 Å². The third-order valence-corrected chi connectivity index (χ3v) is 2.23. The van der Waals surface area contributed by atoms with Crippen molar-refractivity contribution in [3.63, 3.8) is 0 Å². The first-order valence-corrected chi connectivity index (χ1v) is 4.84. The van der Waals surface area contributed by atoms with E-state index in [0.717, 1.165) is 0 Å². The molecule has 1 unspecified atom stereocenters. The number of benzene rings is 1. The first kappa shape index (κ1) is 10.7. The molecule has 1 amide bonds. The summed E-state index contributed by atoms with van der Waals surface area (Å²) in [4.78, 5) is 10.7. The smallest absolute Gasteiger partial charge is 0.221 e. The summed E-state index contributed by atoms with van der Waals surface area (Å²) in [6, 6.07) is 4.27. The summed E-state index contributed by atoms with van der Waals surface area (Å²) in [6.45, 7) is 1.34. The second-order valence-electron chi connectivity index (χ2n) is 2.67. The largest absolute Gasteiger partial charge is 0.768 e. The van der Waals surface area contributed by atoms with Crippen LogP contribution in [0.1, 0.15) is 6.92 Å². The Hall–Kier alpha value is -1.40. The van der Waals surface area contributed by atoms with Gasteiger partial charge in [0.15, 0.2) is 0 Å². The average molecular weight is 213 g/mol. The van der Waals surface area contributed by atoms with Crippen molar-refractivity contribution in [2.24, 2.45) is 0 Å². The number of rotatable bonds is 2. The zero-order valence-electron chi connectivity index (χ0n) is 7.44. The van der Waals surface area contributed by atoms with E-state index >= 15 is 0 Å². The Morgan fingerprint density at radius 1 is 1.57 bits per heavy atom. The Morgan fingerprint density at radius 3 is 2.71 bits per heavy atom. The average Bonchev–Trinajstić information content (AvgIpc) is 2.07. The second kappa shape index (κ2) is 4.21. The van der Waals surface area contributed by atoms with Crippen LogP contribution in [0, 0.1) is 0 Å². The van der Waals surface area contributed by atoms with Gasteiger partial charge in [-0.3, -0.25) is 9.00 Å². The highest BCUT2D eigenvalue weighted by molar-refractivity contribution is 7.79. The molecule has 0 fully saturated rings. The van der Waals surface area contributed by atoms with Crippen molar-refractivity contribution in [3.8, 4) is 0 Å². The number of nitrogens with one attached hydrogen (secondary N) is 1. The van der Waals surface area contributed by atoms with Crippen LogP contribution in [0.3, 0.4) is 0 Å². The molecule has 0 spiro atoms. The molecule has 14 heavy (non-hydrogen) atoms. The monoisotopic (exact) mass is 213 g/mol. The standard InChI is InChI=1S/C8H10N2O3S/c1-5(11)10-6-2-3-7(9)8(4-6)14(12)13/h2-4H,9H2,1H3,(H,10,11)(H,12,13)/p-1. The molecule has 76 valence electrons. The van der Waals surface area contributed by atoms with Crippen molar-refractivity contribution in [1.29, 1.82) is 0 Å². The highest BCUT2D eigenvalue weighted by Gasteiger charge is 2.02. The molecule has 0 saturated carbocycles. The van der Waals surface area contributed by atoms with E-state index in [0.29, 0.717) is 5.69 Å². The maximum atomic E-state index is 10.7. The van der Waals surface area contributed by atoms with E-state index < -0.39 is 11.1 Å². The van der Waals surface area contributed by atoms with E-state index in [9.17, 15) is 13.6 Å². The van der Waals surface area contributed by atoms with E-state index in [2.05, 4.69) is 5.32 Å². The lowest BCUT2D eigenvalue weighted by Gasteiger charge is -2.10. The fourth-order valence-electron chi connectivity index (χ4n) is 0.960. The van der Waals surface area contributed by atoms with Crippen LogP contribution in [0.2, 0.25) is 0 Å². The van der Waals surface area contributed by atoms with Crippen molar-refractivity contribution in [1.82, 2.24) is 0 Å². The lowest BCUT2D eigenvalue weighted by atomic mass is 10.3. The molecule has 1 rings (SSSR count). The first-order valence-electron chi connectivity index (χ1n) is 3.77. The first-order chi connectivity index (χ1) is 6.50. The summed E-state index contributed by atoms with van der Waals surface area (Å²) in [5, 5.41) is 2.46. The van der Waals surface area contributed by atoms with Gasteiger partial charge in [-0.05, 0) is 29.3 Å². The molecule has 0 radical (unpaired) electrons. The fraction of sp³-hybridized carbons (Fsp3) is 0.125. The van der Waals surface area contributed by atoms with Crippen LogP contribution in [-0.2, 0) is 15.9 Å². The third kappa shape index (κ3) is 2.54. The summed E-state index contributed by atoms with van der Waals surface area (Å²) in [5.74, 6) is -0.266. The van der Waals surface area contributed by atoms with Crippen molar-refractivity contribution in [3.05, 3.63) is 18.2 Å². The molecule has 0 aliphatic heterocycles. The summed E-state index contributed by atoms with van der Waals surface area (Å²) < 4.78 is 21.3. The zero-order chi connectivity index (χ0) is 10.7. The molecule has 0 aliphatic rings. The molecule has 1 atom stereocenters. The van der Waals surface area contributed by atoms with E-state index in [4.69, 9.17) is 5.73 Å². The van der Waals surface area contributed by atoms with Crippen molar-refractivity contribution in [2.75, 3.05) is 11.1 Å². The van der Waals surface area contributed by atoms with Gasteiger partial charge in [-0.15, -0.1) is 0 Å². The minimum atomic E-state index is -2.39. The van der Waals surface area contributed by atoms with Crippen LogP contribution in [0.25, 0.3) is 0 Å². The Morgan fingerprint density at radius 2 is 2.21 bits per heavy atom. The van der Waals surface area contributed by atoms with E-state index in [1.165, 1.54) is 25.1 Å². The highest BCUT2D eigenvalue weighted by Crippen LogP contribution is 2.20. The van der Waals surface area contributed by atoms with Crippen molar-refractivity contribution in [2.45, 2.75) is 11.8 Å². The van der Waals surface area contributed by atoms with Gasteiger partial charge in [-0.1, -0.05) is 0 Å². The Labute approximate surface area is 83.6 Å². The van der Waals surface area contributed by atoms with Crippen LogP contribution >= 0.6 is 0 Å². The van der Waals surface area contributed by atoms with Crippen LogP contribution in [0.5, 0.6) is 0 Å². The predicted octanol–water partition coefficient (Wildman–Crippen LogP) is 0.465.